The number of primary amides is 1. The molecule has 0 bridgehead atoms. The number of nitrogens with one attached hydrogen (secondary N) is 9. The number of thiol groups is 1. The Morgan fingerprint density at radius 2 is 1.08 bits per heavy atom. The quantitative estimate of drug-likeness (QED) is 0.0320. The zero-order valence-electron chi connectivity index (χ0n) is 41.4. The highest BCUT2D eigenvalue weighted by Crippen LogP contribution is 2.14. The van der Waals surface area contributed by atoms with Gasteiger partial charge in [-0.05, 0) is 48.8 Å². The molecule has 0 heterocycles. The molecule has 0 unspecified atom stereocenters. The van der Waals surface area contributed by atoms with Crippen LogP contribution in [0.3, 0.4) is 0 Å². The molecule has 0 aliphatic carbocycles. The molecule has 0 aromatic heterocycles. The van der Waals surface area contributed by atoms with Crippen LogP contribution in [0, 0.1) is 17.8 Å². The first-order valence-corrected chi connectivity index (χ1v) is 23.6. The van der Waals surface area contributed by atoms with Gasteiger partial charge < -0.3 is 74.0 Å². The molecule has 0 fully saturated rings. The summed E-state index contributed by atoms with van der Waals surface area (Å²) in [4.78, 5) is 155. The van der Waals surface area contributed by atoms with Crippen molar-refractivity contribution in [2.24, 2.45) is 23.5 Å². The lowest BCUT2D eigenvalue weighted by atomic mass is 9.95. The number of benzene rings is 1. The Labute approximate surface area is 421 Å². The maximum Gasteiger partial charge on any atom is 0.326 e. The molecule has 0 spiro atoms. The summed E-state index contributed by atoms with van der Waals surface area (Å²) in [5.74, 6) is -14.7. The molecule has 0 saturated carbocycles. The number of aliphatic hydroxyl groups is 1. The number of phenolic OH excluding ortho intramolecular Hbond substituents is 1. The van der Waals surface area contributed by atoms with E-state index in [0.717, 1.165) is 6.92 Å². The number of aromatic hydroxyl groups is 1. The molecule has 1 aromatic rings. The zero-order chi connectivity index (χ0) is 55.2. The first-order valence-electron chi connectivity index (χ1n) is 23.0. The summed E-state index contributed by atoms with van der Waals surface area (Å²) in [7, 11) is 0. The van der Waals surface area contributed by atoms with Gasteiger partial charge in [0.15, 0.2) is 0 Å². The van der Waals surface area contributed by atoms with E-state index in [0.29, 0.717) is 5.56 Å². The summed E-state index contributed by atoms with van der Waals surface area (Å²) in [5, 5.41) is 60.2. The maximum absolute atomic E-state index is 13.9. The van der Waals surface area contributed by atoms with E-state index >= 15 is 0 Å². The number of carboxylic acid groups (broad SMARTS) is 2. The summed E-state index contributed by atoms with van der Waals surface area (Å²) >= 11 is 4.12. The minimum Gasteiger partial charge on any atom is -0.508 e. The van der Waals surface area contributed by atoms with Crippen molar-refractivity contribution in [2.45, 2.75) is 142 Å². The topological polar surface area (TPSA) is 420 Å². The number of hydrogen-bond donors (Lipinski definition) is 15. The molecule has 1 rings (SSSR count). The van der Waals surface area contributed by atoms with Crippen LogP contribution in [0.5, 0.6) is 5.75 Å². The number of phenols is 1. The standard InChI is InChI=1S/C45H70N10O16S/c1-9-22(6)36(43(68)50-28(16-32(46)59)40(65)49-29(17-34(61)62)41(66)51-30(45(70)71)14-20(2)3)55-42(67)35(21(4)5)54-44(69)37(23(7)56)53-33(60)18-47-38(63)31(19-72)52-39(64)27(48-24(8)57)15-25-10-12-26(58)13-11-25/h10-13,20-23,27-31,35-37,56,58,72H,9,14-19H2,1-8H3,(H2,46,59)(H,47,63)(H,48,57)(H,49,65)(H,50,68)(H,51,66)(H,52,64)(H,53,60)(H,54,69)(H,55,67)(H,61,62)(H,70,71)/t22-,23-,27+,28+,29+,30+,31+,35+,36+,37+/m1/s1. The van der Waals surface area contributed by atoms with E-state index < -0.39 is 157 Å². The second-order valence-electron chi connectivity index (χ2n) is 17.9. The molecule has 27 heteroatoms. The molecule has 0 saturated heterocycles. The van der Waals surface area contributed by atoms with Crippen molar-refractivity contribution >= 4 is 83.6 Å². The Balaban J connectivity index is 3.18. The molecule has 0 radical (unpaired) electrons. The predicted molar refractivity (Wildman–Crippen MR) is 259 cm³/mol. The van der Waals surface area contributed by atoms with Crippen LogP contribution in [-0.2, 0) is 64.0 Å². The molecule has 10 atom stereocenters. The van der Waals surface area contributed by atoms with E-state index in [9.17, 15) is 78.0 Å². The SMILES string of the molecule is CC[C@@H](C)[C@H](NC(=O)[C@@H](NC(=O)[C@@H](NC(=O)CNC(=O)[C@H](CS)NC(=O)[C@H](Cc1ccc(O)cc1)NC(C)=O)[C@@H](C)O)C(C)C)C(=O)N[C@@H](CC(N)=O)C(=O)N[C@@H](CC(=O)O)C(=O)N[C@@H](CC(C)C)C(=O)O. The van der Waals surface area contributed by atoms with Crippen molar-refractivity contribution in [2.75, 3.05) is 12.3 Å². The summed E-state index contributed by atoms with van der Waals surface area (Å²) in [6.07, 6.45) is -3.31. The van der Waals surface area contributed by atoms with E-state index in [-0.39, 0.29) is 36.7 Å². The monoisotopic (exact) mass is 1040 g/mol. The number of carboxylic acids is 2. The smallest absolute Gasteiger partial charge is 0.326 e. The van der Waals surface area contributed by atoms with Crippen LogP contribution < -0.4 is 53.6 Å². The molecule has 1 aromatic carbocycles. The Hall–Kier alpha value is -7.03. The second-order valence-corrected chi connectivity index (χ2v) is 18.3. The molecule has 0 aliphatic rings. The Morgan fingerprint density at radius 1 is 0.597 bits per heavy atom. The fourth-order valence-corrected chi connectivity index (χ4v) is 6.98. The molecule has 26 nitrogen and oxygen atoms in total. The molecule has 15 N–H and O–H groups in total. The molecule has 0 aliphatic heterocycles. The highest BCUT2D eigenvalue weighted by atomic mass is 32.1. The van der Waals surface area contributed by atoms with E-state index in [1.54, 1.807) is 27.7 Å². The summed E-state index contributed by atoms with van der Waals surface area (Å²) in [5.41, 5.74) is 5.93. The van der Waals surface area contributed by atoms with E-state index in [1.165, 1.54) is 45.0 Å². The largest absolute Gasteiger partial charge is 0.508 e. The average molecular weight is 1040 g/mol. The van der Waals surface area contributed by atoms with Crippen LogP contribution >= 0.6 is 12.6 Å². The van der Waals surface area contributed by atoms with Gasteiger partial charge in [-0.3, -0.25) is 52.7 Å². The van der Waals surface area contributed by atoms with E-state index in [1.807, 2.05) is 0 Å². The highest BCUT2D eigenvalue weighted by molar-refractivity contribution is 7.80. The van der Waals surface area contributed by atoms with Crippen LogP contribution in [0.25, 0.3) is 0 Å². The van der Waals surface area contributed by atoms with Gasteiger partial charge in [-0.2, -0.15) is 12.6 Å². The third-order valence-electron chi connectivity index (χ3n) is 10.8. The van der Waals surface area contributed by atoms with Crippen molar-refractivity contribution in [1.82, 2.24) is 47.9 Å². The highest BCUT2D eigenvalue weighted by Gasteiger charge is 2.37. The third kappa shape index (κ3) is 22.4. The first kappa shape index (κ1) is 63.0. The fraction of sp³-hybridized carbons (Fsp3) is 0.600. The summed E-state index contributed by atoms with van der Waals surface area (Å²) in [6, 6.07) is -6.43. The number of rotatable bonds is 31. The molecule has 72 heavy (non-hydrogen) atoms. The molecular weight excluding hydrogens is 969 g/mol. The second kappa shape index (κ2) is 30.7. The molecule has 402 valence electrons. The van der Waals surface area contributed by atoms with Gasteiger partial charge in [-0.15, -0.1) is 0 Å². The van der Waals surface area contributed by atoms with E-state index in [4.69, 9.17) is 5.73 Å². The summed E-state index contributed by atoms with van der Waals surface area (Å²) < 4.78 is 0. The predicted octanol–water partition coefficient (Wildman–Crippen LogP) is -3.56. The van der Waals surface area contributed by atoms with Crippen molar-refractivity contribution in [1.29, 1.82) is 0 Å². The average Bonchev–Trinajstić information content (AvgIpc) is 3.28. The Bertz CT molecular complexity index is 2110. The molecular formula is C45H70N10O16S. The number of nitrogens with two attached hydrogens (primary N) is 1. The first-order chi connectivity index (χ1) is 33.5. The van der Waals surface area contributed by atoms with Gasteiger partial charge in [0, 0.05) is 19.1 Å². The van der Waals surface area contributed by atoms with Gasteiger partial charge in [0.25, 0.3) is 0 Å². The van der Waals surface area contributed by atoms with E-state index in [2.05, 4.69) is 60.5 Å². The zero-order valence-corrected chi connectivity index (χ0v) is 42.3. The third-order valence-corrected chi connectivity index (χ3v) is 11.2. The molecule has 10 amide bonds. The summed E-state index contributed by atoms with van der Waals surface area (Å²) in [6.45, 7) is 11.2. The Morgan fingerprint density at radius 3 is 1.56 bits per heavy atom. The fourth-order valence-electron chi connectivity index (χ4n) is 6.73. The lowest BCUT2D eigenvalue weighted by Gasteiger charge is -2.30. The van der Waals surface area contributed by atoms with Gasteiger partial charge in [-0.25, -0.2) is 4.79 Å². The number of amides is 10. The van der Waals surface area contributed by atoms with Crippen molar-refractivity contribution in [3.63, 3.8) is 0 Å². The van der Waals surface area contributed by atoms with Crippen molar-refractivity contribution < 1.29 is 78.0 Å². The van der Waals surface area contributed by atoms with Gasteiger partial charge >= 0.3 is 11.9 Å². The lowest BCUT2D eigenvalue weighted by molar-refractivity contribution is -0.144. The number of carbonyl (C=O) groups excluding carboxylic acids is 10. The maximum atomic E-state index is 13.9. The minimum atomic E-state index is -1.88. The van der Waals surface area contributed by atoms with Gasteiger partial charge in [0.2, 0.25) is 59.1 Å². The van der Waals surface area contributed by atoms with Gasteiger partial charge in [0.1, 0.15) is 54.1 Å². The van der Waals surface area contributed by atoms with Crippen LogP contribution in [0.1, 0.15) is 86.6 Å². The van der Waals surface area contributed by atoms with Crippen LogP contribution in [0.15, 0.2) is 24.3 Å². The van der Waals surface area contributed by atoms with Gasteiger partial charge in [0.05, 0.1) is 25.5 Å². The Kier molecular flexibility index (Phi) is 26.8. The van der Waals surface area contributed by atoms with Crippen LogP contribution in [0.2, 0.25) is 0 Å². The van der Waals surface area contributed by atoms with Crippen molar-refractivity contribution in [3.05, 3.63) is 29.8 Å². The van der Waals surface area contributed by atoms with Crippen molar-refractivity contribution in [3.8, 4) is 5.75 Å². The van der Waals surface area contributed by atoms with Gasteiger partial charge in [-0.1, -0.05) is 60.1 Å². The number of hydrogen-bond acceptors (Lipinski definition) is 15. The van der Waals surface area contributed by atoms with Crippen LogP contribution in [-0.4, -0.2) is 158 Å². The minimum absolute atomic E-state index is 0.00758. The van der Waals surface area contributed by atoms with Crippen LogP contribution in [0.4, 0.5) is 0 Å². The lowest BCUT2D eigenvalue weighted by Crippen LogP contribution is -2.62. The normalized spacial score (nSPS) is 15.2. The number of aliphatic hydroxyl groups excluding tert-OH is 1. The number of aliphatic carboxylic acids is 2. The number of carbonyl (C=O) groups is 12.